The lowest BCUT2D eigenvalue weighted by Gasteiger charge is -2.31. The normalized spacial score (nSPS) is 14.7. The van der Waals surface area contributed by atoms with E-state index in [2.05, 4.69) is 55.0 Å². The van der Waals surface area contributed by atoms with E-state index in [1.807, 2.05) is 18.2 Å². The second kappa shape index (κ2) is 9.03. The first-order valence-electron chi connectivity index (χ1n) is 9.68. The van der Waals surface area contributed by atoms with Crippen LogP contribution in [0.25, 0.3) is 0 Å². The van der Waals surface area contributed by atoms with E-state index in [1.165, 1.54) is 22.4 Å². The fourth-order valence-electron chi connectivity index (χ4n) is 3.95. The molecule has 142 valence electrons. The molecule has 0 atom stereocenters. The van der Waals surface area contributed by atoms with Crippen molar-refractivity contribution in [3.05, 3.63) is 64.2 Å². The number of benzene rings is 2. The maximum atomic E-state index is 9.44. The molecule has 1 aliphatic heterocycles. The molecule has 0 amide bonds. The summed E-state index contributed by atoms with van der Waals surface area (Å²) >= 11 is 0. The Morgan fingerprint density at radius 2 is 1.85 bits per heavy atom. The van der Waals surface area contributed by atoms with Crippen LogP contribution in [0.2, 0.25) is 0 Å². The molecular formula is C23H29N3O. The zero-order valence-corrected chi connectivity index (χ0v) is 16.7. The Balaban J connectivity index is 1.82. The summed E-state index contributed by atoms with van der Waals surface area (Å²) in [5.74, 6) is 0. The molecule has 1 fully saturated rings. The number of anilines is 1. The zero-order valence-electron chi connectivity index (χ0n) is 16.7. The summed E-state index contributed by atoms with van der Waals surface area (Å²) in [5.41, 5.74) is 7.00. The number of hydrogen-bond acceptors (Lipinski definition) is 4. The third-order valence-electron chi connectivity index (χ3n) is 5.28. The van der Waals surface area contributed by atoms with Crippen molar-refractivity contribution in [3.8, 4) is 6.07 Å². The quantitative estimate of drug-likeness (QED) is 0.787. The smallest absolute Gasteiger partial charge is 0.0994 e. The molecule has 0 bridgehead atoms. The molecule has 1 saturated heterocycles. The number of nitrogens with zero attached hydrogens (tertiary/aromatic N) is 3. The molecule has 2 aromatic carbocycles. The number of ether oxygens (including phenoxy) is 1. The van der Waals surface area contributed by atoms with Gasteiger partial charge in [0.05, 0.1) is 24.8 Å². The summed E-state index contributed by atoms with van der Waals surface area (Å²) in [4.78, 5) is 4.84. The molecule has 0 unspecified atom stereocenters. The van der Waals surface area contributed by atoms with Crippen molar-refractivity contribution in [2.24, 2.45) is 0 Å². The Labute approximate surface area is 163 Å². The van der Waals surface area contributed by atoms with E-state index in [-0.39, 0.29) is 0 Å². The van der Waals surface area contributed by atoms with Crippen LogP contribution < -0.4 is 4.90 Å². The highest BCUT2D eigenvalue weighted by atomic mass is 16.5. The number of likely N-dealkylation sites (N-methyl/N-ethyl adjacent to an activating group) is 1. The fourth-order valence-corrected chi connectivity index (χ4v) is 3.95. The number of hydrogen-bond donors (Lipinski definition) is 0. The Kier molecular flexibility index (Phi) is 6.49. The lowest BCUT2D eigenvalue weighted by Crippen LogP contribution is -2.41. The van der Waals surface area contributed by atoms with Gasteiger partial charge in [0.2, 0.25) is 0 Å². The monoisotopic (exact) mass is 363 g/mol. The summed E-state index contributed by atoms with van der Waals surface area (Å²) < 4.78 is 5.45. The molecule has 0 radical (unpaired) electrons. The molecular weight excluding hydrogens is 334 g/mol. The van der Waals surface area contributed by atoms with Crippen molar-refractivity contribution < 1.29 is 4.74 Å². The minimum absolute atomic E-state index is 0.763. The Hall–Kier alpha value is -2.35. The van der Waals surface area contributed by atoms with Gasteiger partial charge in [0, 0.05) is 45.3 Å². The summed E-state index contributed by atoms with van der Waals surface area (Å²) in [6.07, 6.45) is 0.781. The highest BCUT2D eigenvalue weighted by molar-refractivity contribution is 5.62. The van der Waals surface area contributed by atoms with E-state index in [0.717, 1.165) is 56.9 Å². The van der Waals surface area contributed by atoms with E-state index in [1.54, 1.807) is 0 Å². The van der Waals surface area contributed by atoms with Gasteiger partial charge in [0.25, 0.3) is 0 Å². The van der Waals surface area contributed by atoms with E-state index in [0.29, 0.717) is 0 Å². The molecule has 4 nitrogen and oxygen atoms in total. The Morgan fingerprint density at radius 3 is 2.59 bits per heavy atom. The van der Waals surface area contributed by atoms with Crippen molar-refractivity contribution in [1.29, 1.82) is 5.26 Å². The van der Waals surface area contributed by atoms with Crippen LogP contribution in [0.5, 0.6) is 0 Å². The molecule has 1 aliphatic rings. The van der Waals surface area contributed by atoms with Crippen LogP contribution in [-0.2, 0) is 11.2 Å². The first-order valence-corrected chi connectivity index (χ1v) is 9.68. The van der Waals surface area contributed by atoms with Gasteiger partial charge in [-0.2, -0.15) is 5.26 Å². The molecule has 0 N–H and O–H groups in total. The highest BCUT2D eigenvalue weighted by Crippen LogP contribution is 2.29. The van der Waals surface area contributed by atoms with E-state index in [4.69, 9.17) is 4.74 Å². The van der Waals surface area contributed by atoms with E-state index >= 15 is 0 Å². The summed E-state index contributed by atoms with van der Waals surface area (Å²) in [7, 11) is 2.18. The van der Waals surface area contributed by atoms with E-state index < -0.39 is 0 Å². The molecule has 4 heteroatoms. The second-order valence-electron chi connectivity index (χ2n) is 7.41. The molecule has 0 spiro atoms. The maximum absolute atomic E-state index is 9.44. The zero-order chi connectivity index (χ0) is 19.2. The molecule has 0 saturated carbocycles. The number of aryl methyl sites for hydroxylation is 2. The van der Waals surface area contributed by atoms with Gasteiger partial charge in [-0.3, -0.25) is 4.90 Å². The highest BCUT2D eigenvalue weighted by Gasteiger charge is 2.16. The van der Waals surface area contributed by atoms with Gasteiger partial charge in [0.15, 0.2) is 0 Å². The topological polar surface area (TPSA) is 39.5 Å². The molecule has 0 aromatic heterocycles. The van der Waals surface area contributed by atoms with Crippen LogP contribution in [-0.4, -0.2) is 51.3 Å². The Bertz CT molecular complexity index is 819. The first-order chi connectivity index (χ1) is 13.1. The average Bonchev–Trinajstić information content (AvgIpc) is 2.67. The van der Waals surface area contributed by atoms with Gasteiger partial charge in [0.1, 0.15) is 0 Å². The van der Waals surface area contributed by atoms with Gasteiger partial charge in [-0.1, -0.05) is 35.9 Å². The number of rotatable bonds is 6. The fraction of sp³-hybridized carbons (Fsp3) is 0.435. The predicted molar refractivity (Wildman–Crippen MR) is 110 cm³/mol. The molecule has 1 heterocycles. The average molecular weight is 364 g/mol. The van der Waals surface area contributed by atoms with Crippen LogP contribution in [0.1, 0.15) is 27.8 Å². The van der Waals surface area contributed by atoms with Crippen LogP contribution >= 0.6 is 0 Å². The van der Waals surface area contributed by atoms with Crippen LogP contribution in [0, 0.1) is 25.2 Å². The van der Waals surface area contributed by atoms with Crippen molar-refractivity contribution in [1.82, 2.24) is 4.90 Å². The third-order valence-corrected chi connectivity index (χ3v) is 5.28. The van der Waals surface area contributed by atoms with Gasteiger partial charge >= 0.3 is 0 Å². The van der Waals surface area contributed by atoms with Gasteiger partial charge < -0.3 is 9.64 Å². The molecule has 27 heavy (non-hydrogen) atoms. The number of nitriles is 1. The van der Waals surface area contributed by atoms with Crippen LogP contribution in [0.3, 0.4) is 0 Å². The van der Waals surface area contributed by atoms with Crippen molar-refractivity contribution in [3.63, 3.8) is 0 Å². The summed E-state index contributed by atoms with van der Waals surface area (Å²) in [5, 5.41) is 9.44. The number of morpholine rings is 1. The third kappa shape index (κ3) is 4.88. The lowest BCUT2D eigenvalue weighted by molar-refractivity contribution is 0.0393. The van der Waals surface area contributed by atoms with Gasteiger partial charge in [-0.25, -0.2) is 0 Å². The van der Waals surface area contributed by atoms with Crippen molar-refractivity contribution in [2.75, 3.05) is 51.3 Å². The van der Waals surface area contributed by atoms with Gasteiger partial charge in [-0.15, -0.1) is 0 Å². The molecule has 2 aromatic rings. The Morgan fingerprint density at radius 1 is 1.11 bits per heavy atom. The molecule has 3 rings (SSSR count). The van der Waals surface area contributed by atoms with Crippen LogP contribution in [0.4, 0.5) is 5.69 Å². The largest absolute Gasteiger partial charge is 0.379 e. The van der Waals surface area contributed by atoms with Crippen LogP contribution in [0.15, 0.2) is 36.4 Å². The van der Waals surface area contributed by atoms with Crippen molar-refractivity contribution in [2.45, 2.75) is 20.3 Å². The van der Waals surface area contributed by atoms with Gasteiger partial charge in [-0.05, 0) is 36.6 Å². The SMILES string of the molecule is Cc1cc(C)c(N(C)CCN2CCOCC2)c(Cc2ccccc2C#N)c1. The minimum Gasteiger partial charge on any atom is -0.379 e. The molecule has 0 aliphatic carbocycles. The van der Waals surface area contributed by atoms with Crippen molar-refractivity contribution >= 4 is 5.69 Å². The predicted octanol–water partition coefficient (Wildman–Crippen LogP) is 3.53. The summed E-state index contributed by atoms with van der Waals surface area (Å²) in [6.45, 7) is 10.1. The lowest BCUT2D eigenvalue weighted by atomic mass is 9.95. The van der Waals surface area contributed by atoms with E-state index in [9.17, 15) is 5.26 Å². The standard InChI is InChI=1S/C23H29N3O/c1-18-14-19(2)23(25(3)8-9-26-10-12-27-13-11-26)22(15-18)16-20-6-4-5-7-21(20)17-24/h4-7,14-15H,8-13,16H2,1-3H3. The first kappa shape index (κ1) is 19.4. The summed E-state index contributed by atoms with van der Waals surface area (Å²) in [6, 6.07) is 14.8. The second-order valence-corrected chi connectivity index (χ2v) is 7.41. The minimum atomic E-state index is 0.763. The maximum Gasteiger partial charge on any atom is 0.0994 e.